The van der Waals surface area contributed by atoms with Crippen LogP contribution in [0.25, 0.3) is 0 Å². The lowest BCUT2D eigenvalue weighted by molar-refractivity contribution is 0.1000. The monoisotopic (exact) mass is 310 g/mol. The van der Waals surface area contributed by atoms with Gasteiger partial charge in [-0.3, -0.25) is 4.79 Å². The van der Waals surface area contributed by atoms with Gasteiger partial charge in [-0.1, -0.05) is 0 Å². The van der Waals surface area contributed by atoms with Crippen LogP contribution >= 0.6 is 15.9 Å². The average Bonchev–Trinajstić information content (AvgIpc) is 2.34. The van der Waals surface area contributed by atoms with Gasteiger partial charge in [-0.15, -0.1) is 0 Å². The van der Waals surface area contributed by atoms with Crippen LogP contribution in [0.1, 0.15) is 10.4 Å². The maximum Gasteiger partial charge on any atom is 0.250 e. The van der Waals surface area contributed by atoms with Crippen LogP contribution in [0.2, 0.25) is 0 Å². The van der Waals surface area contributed by atoms with Crippen molar-refractivity contribution in [2.45, 2.75) is 0 Å². The highest BCUT2D eigenvalue weighted by molar-refractivity contribution is 9.10. The van der Waals surface area contributed by atoms with Crippen molar-refractivity contribution in [1.29, 1.82) is 0 Å². The molecule has 0 saturated carbocycles. The molecule has 0 saturated heterocycles. The second kappa shape index (κ2) is 5.14. The summed E-state index contributed by atoms with van der Waals surface area (Å²) in [6, 6.07) is 7.33. The molecule has 2 rings (SSSR count). The minimum Gasteiger partial charge on any atom is -0.439 e. The third kappa shape index (κ3) is 2.84. The highest BCUT2D eigenvalue weighted by atomic mass is 79.9. The molecule has 0 aliphatic carbocycles. The molecule has 1 aromatic heterocycles. The van der Waals surface area contributed by atoms with Gasteiger partial charge in [-0.05, 0) is 34.1 Å². The van der Waals surface area contributed by atoms with Crippen molar-refractivity contribution < 1.29 is 13.9 Å². The number of ether oxygens (including phenoxy) is 1. The number of nitrogens with two attached hydrogens (primary N) is 1. The van der Waals surface area contributed by atoms with Gasteiger partial charge < -0.3 is 10.5 Å². The van der Waals surface area contributed by atoms with Gasteiger partial charge in [0.2, 0.25) is 11.8 Å². The van der Waals surface area contributed by atoms with Gasteiger partial charge in [0.1, 0.15) is 11.6 Å². The molecule has 0 spiro atoms. The molecule has 1 aromatic carbocycles. The van der Waals surface area contributed by atoms with Crippen molar-refractivity contribution in [3.63, 3.8) is 0 Å². The van der Waals surface area contributed by atoms with Crippen LogP contribution in [-0.2, 0) is 0 Å². The summed E-state index contributed by atoms with van der Waals surface area (Å²) in [6.07, 6.45) is 1.30. The molecule has 0 bridgehead atoms. The van der Waals surface area contributed by atoms with E-state index in [1.807, 2.05) is 0 Å². The lowest BCUT2D eigenvalue weighted by atomic mass is 10.3. The number of aromatic nitrogens is 1. The maximum atomic E-state index is 13.2. The van der Waals surface area contributed by atoms with Crippen molar-refractivity contribution in [1.82, 2.24) is 4.98 Å². The smallest absolute Gasteiger partial charge is 0.250 e. The van der Waals surface area contributed by atoms with Crippen LogP contribution in [0.5, 0.6) is 11.6 Å². The summed E-state index contributed by atoms with van der Waals surface area (Å²) in [5.74, 6) is -0.429. The van der Waals surface area contributed by atoms with Gasteiger partial charge in [-0.25, -0.2) is 9.37 Å². The van der Waals surface area contributed by atoms with Crippen LogP contribution in [0, 0.1) is 5.82 Å². The van der Waals surface area contributed by atoms with Gasteiger partial charge in [-0.2, -0.15) is 0 Å². The molecule has 2 aromatic rings. The fourth-order valence-electron chi connectivity index (χ4n) is 1.25. The van der Waals surface area contributed by atoms with E-state index < -0.39 is 11.7 Å². The number of benzene rings is 1. The number of carbonyl (C=O) groups excluding carboxylic acids is 1. The first-order valence-corrected chi connectivity index (χ1v) is 5.74. The van der Waals surface area contributed by atoms with Gasteiger partial charge in [0.15, 0.2) is 0 Å². The normalized spacial score (nSPS) is 10.1. The standard InChI is InChI=1S/C12H8BrFN2O2/c13-9-3-2-8(5-10(9)14)18-11-4-1-7(6-16-11)12(15)17/h1-6H,(H2,15,17). The third-order valence-electron chi connectivity index (χ3n) is 2.13. The number of carbonyl (C=O) groups is 1. The quantitative estimate of drug-likeness (QED) is 0.948. The lowest BCUT2D eigenvalue weighted by Gasteiger charge is -2.05. The molecule has 2 N–H and O–H groups in total. The Morgan fingerprint density at radius 1 is 1.33 bits per heavy atom. The minimum absolute atomic E-state index is 0.252. The second-order valence-corrected chi connectivity index (χ2v) is 4.28. The Morgan fingerprint density at radius 3 is 2.67 bits per heavy atom. The van der Waals surface area contributed by atoms with Gasteiger partial charge >= 0.3 is 0 Å². The summed E-state index contributed by atoms with van der Waals surface area (Å²) in [5, 5.41) is 0. The van der Waals surface area contributed by atoms with E-state index in [9.17, 15) is 9.18 Å². The van der Waals surface area contributed by atoms with Crippen molar-refractivity contribution in [3.05, 3.63) is 52.4 Å². The first kappa shape index (κ1) is 12.5. The van der Waals surface area contributed by atoms with Gasteiger partial charge in [0, 0.05) is 18.3 Å². The highest BCUT2D eigenvalue weighted by Gasteiger charge is 2.05. The number of halogens is 2. The molecule has 0 aliphatic heterocycles. The number of rotatable bonds is 3. The summed E-state index contributed by atoms with van der Waals surface area (Å²) >= 11 is 3.04. The molecule has 92 valence electrons. The first-order valence-electron chi connectivity index (χ1n) is 4.95. The Kier molecular flexibility index (Phi) is 3.57. The number of pyridine rings is 1. The van der Waals surface area contributed by atoms with E-state index in [1.54, 1.807) is 6.07 Å². The van der Waals surface area contributed by atoms with E-state index >= 15 is 0 Å². The zero-order valence-electron chi connectivity index (χ0n) is 9.06. The van der Waals surface area contributed by atoms with Crippen LogP contribution in [0.3, 0.4) is 0 Å². The van der Waals surface area contributed by atoms with Gasteiger partial charge in [0.25, 0.3) is 0 Å². The topological polar surface area (TPSA) is 65.2 Å². The maximum absolute atomic E-state index is 13.2. The van der Waals surface area contributed by atoms with Crippen molar-refractivity contribution in [3.8, 4) is 11.6 Å². The number of amides is 1. The molecule has 4 nitrogen and oxygen atoms in total. The molecular weight excluding hydrogens is 303 g/mol. The minimum atomic E-state index is -0.566. The molecule has 0 atom stereocenters. The van der Waals surface area contributed by atoms with E-state index in [0.717, 1.165) is 0 Å². The van der Waals surface area contributed by atoms with Crippen molar-refractivity contribution >= 4 is 21.8 Å². The predicted octanol–water partition coefficient (Wildman–Crippen LogP) is 2.87. The van der Waals surface area contributed by atoms with Crippen LogP contribution < -0.4 is 10.5 Å². The van der Waals surface area contributed by atoms with E-state index in [0.29, 0.717) is 10.2 Å². The zero-order valence-corrected chi connectivity index (χ0v) is 10.6. The van der Waals surface area contributed by atoms with Crippen LogP contribution in [0.4, 0.5) is 4.39 Å². The Labute approximate surface area is 111 Å². The Balaban J connectivity index is 2.18. The molecular formula is C12H8BrFN2O2. The van der Waals surface area contributed by atoms with Gasteiger partial charge in [0.05, 0.1) is 10.0 Å². The fraction of sp³-hybridized carbons (Fsp3) is 0. The van der Waals surface area contributed by atoms with Crippen LogP contribution in [-0.4, -0.2) is 10.9 Å². The summed E-state index contributed by atoms with van der Waals surface area (Å²) in [4.78, 5) is 14.7. The molecule has 0 fully saturated rings. The summed E-state index contributed by atoms with van der Waals surface area (Å²) < 4.78 is 18.9. The number of hydrogen-bond acceptors (Lipinski definition) is 3. The summed E-state index contributed by atoms with van der Waals surface area (Å²) in [6.45, 7) is 0. The highest BCUT2D eigenvalue weighted by Crippen LogP contribution is 2.24. The summed E-state index contributed by atoms with van der Waals surface area (Å²) in [7, 11) is 0. The molecule has 1 amide bonds. The average molecular weight is 311 g/mol. The predicted molar refractivity (Wildman–Crippen MR) is 66.9 cm³/mol. The Bertz CT molecular complexity index is 587. The Hall–Kier alpha value is -1.95. The largest absolute Gasteiger partial charge is 0.439 e. The molecule has 6 heteroatoms. The van der Waals surface area contributed by atoms with Crippen LogP contribution in [0.15, 0.2) is 41.0 Å². The number of nitrogens with zero attached hydrogens (tertiary/aromatic N) is 1. The van der Waals surface area contributed by atoms with Crippen molar-refractivity contribution in [2.24, 2.45) is 5.73 Å². The molecule has 1 heterocycles. The van der Waals surface area contributed by atoms with Crippen molar-refractivity contribution in [2.75, 3.05) is 0 Å². The number of primary amides is 1. The second-order valence-electron chi connectivity index (χ2n) is 3.43. The summed E-state index contributed by atoms with van der Waals surface area (Å²) in [5.41, 5.74) is 5.36. The molecule has 0 aliphatic rings. The fourth-order valence-corrected chi connectivity index (χ4v) is 1.49. The van der Waals surface area contributed by atoms with E-state index in [-0.39, 0.29) is 11.4 Å². The zero-order chi connectivity index (χ0) is 13.1. The van der Waals surface area contributed by atoms with E-state index in [1.165, 1.54) is 30.5 Å². The molecule has 0 unspecified atom stereocenters. The molecule has 0 radical (unpaired) electrons. The number of hydrogen-bond donors (Lipinski definition) is 1. The Morgan fingerprint density at radius 2 is 2.11 bits per heavy atom. The SMILES string of the molecule is NC(=O)c1ccc(Oc2ccc(Br)c(F)c2)nc1. The van der Waals surface area contributed by atoms with E-state index in [4.69, 9.17) is 10.5 Å². The molecule has 18 heavy (non-hydrogen) atoms. The third-order valence-corrected chi connectivity index (χ3v) is 2.78. The van der Waals surface area contributed by atoms with E-state index in [2.05, 4.69) is 20.9 Å². The first-order chi connectivity index (χ1) is 8.56. The lowest BCUT2D eigenvalue weighted by Crippen LogP contribution is -2.10.